The number of aliphatic hydroxyl groups is 2. The fourth-order valence-electron chi connectivity index (χ4n) is 13.1. The van der Waals surface area contributed by atoms with Crippen molar-refractivity contribution < 1.29 is 19.8 Å². The Kier molecular flexibility index (Phi) is 8.36. The summed E-state index contributed by atoms with van der Waals surface area (Å²) in [6.07, 6.45) is 17.7. The summed E-state index contributed by atoms with van der Waals surface area (Å²) < 4.78 is 0. The molecule has 7 aliphatic carbocycles. The second kappa shape index (κ2) is 12.7. The molecule has 0 aromatic heterocycles. The molecule has 0 aliphatic heterocycles. The number of amides is 2. The average molecular weight is 713 g/mol. The van der Waals surface area contributed by atoms with Gasteiger partial charge in [0, 0.05) is 40.0 Å². The highest BCUT2D eigenvalue weighted by Gasteiger charge is 2.74. The number of carbonyl (C=O) groups is 2. The van der Waals surface area contributed by atoms with Crippen molar-refractivity contribution in [3.05, 3.63) is 102 Å². The molecule has 8 unspecified atom stereocenters. The molecule has 278 valence electrons. The van der Waals surface area contributed by atoms with Crippen LogP contribution in [0.4, 0.5) is 10.5 Å². The summed E-state index contributed by atoms with van der Waals surface area (Å²) in [5.41, 5.74) is 0.257. The van der Waals surface area contributed by atoms with Gasteiger partial charge in [0.1, 0.15) is 0 Å². The number of allylic oxidation sites excluding steroid dienone is 4. The van der Waals surface area contributed by atoms with E-state index in [4.69, 9.17) is 0 Å². The van der Waals surface area contributed by atoms with Gasteiger partial charge >= 0.3 is 6.03 Å². The number of carbonyl (C=O) groups excluding carboxylic acids is 2. The second-order valence-corrected chi connectivity index (χ2v) is 18.3. The van der Waals surface area contributed by atoms with Crippen LogP contribution >= 0.6 is 0 Å². The molecule has 0 radical (unpaired) electrons. The van der Waals surface area contributed by atoms with Gasteiger partial charge in [0.2, 0.25) is 0 Å². The Morgan fingerprint density at radius 1 is 0.792 bits per heavy atom. The first-order chi connectivity index (χ1) is 25.5. The third kappa shape index (κ3) is 5.18. The van der Waals surface area contributed by atoms with Gasteiger partial charge in [0.05, 0.1) is 18.2 Å². The Morgan fingerprint density at radius 2 is 1.49 bits per heavy atom. The van der Waals surface area contributed by atoms with Crippen molar-refractivity contribution in [3.8, 4) is 0 Å². The average Bonchev–Trinajstić information content (AvgIpc) is 3.44. The number of ketones is 1. The lowest BCUT2D eigenvalue weighted by atomic mass is 9.32. The third-order valence-electron chi connectivity index (χ3n) is 16.0. The fraction of sp³-hybridized carbons (Fsp3) is 0.532. The number of fused-ring (bicyclic) bond motifs is 2. The number of anilines is 1. The molecule has 2 amide bonds. The zero-order valence-corrected chi connectivity index (χ0v) is 31.5. The van der Waals surface area contributed by atoms with E-state index in [-0.39, 0.29) is 47.3 Å². The monoisotopic (exact) mass is 712 g/mol. The zero-order valence-electron chi connectivity index (χ0n) is 31.5. The highest BCUT2D eigenvalue weighted by molar-refractivity contribution is 6.00. The molecule has 0 saturated heterocycles. The maximum absolute atomic E-state index is 15.0. The number of hydrogen-bond donors (Lipinski definition) is 3. The van der Waals surface area contributed by atoms with Crippen LogP contribution in [0.15, 0.2) is 96.6 Å². The molecule has 0 heterocycles. The van der Waals surface area contributed by atoms with Crippen LogP contribution in [0, 0.1) is 39.4 Å². The molecular formula is C47H56N2O4. The van der Waals surface area contributed by atoms with Gasteiger partial charge in [0.15, 0.2) is 5.78 Å². The summed E-state index contributed by atoms with van der Waals surface area (Å²) in [5.74, 6) is 0.723. The minimum Gasteiger partial charge on any atom is -0.393 e. The number of rotatable bonds is 7. The molecule has 6 heteroatoms. The summed E-state index contributed by atoms with van der Waals surface area (Å²) in [6, 6.07) is 23.9. The van der Waals surface area contributed by atoms with Crippen LogP contribution in [-0.2, 0) is 11.3 Å². The molecular weight excluding hydrogens is 657 g/mol. The Morgan fingerprint density at radius 3 is 2.30 bits per heavy atom. The molecule has 7 aliphatic rings. The topological polar surface area (TPSA) is 89.9 Å². The highest BCUT2D eigenvalue weighted by atomic mass is 16.3. The molecule has 3 aromatic carbocycles. The first kappa shape index (κ1) is 35.0. The lowest BCUT2D eigenvalue weighted by molar-refractivity contribution is -0.178. The van der Waals surface area contributed by atoms with Gasteiger partial charge in [-0.25, -0.2) is 4.79 Å². The number of hydrogen-bond acceptors (Lipinski definition) is 4. The van der Waals surface area contributed by atoms with Gasteiger partial charge in [-0.2, -0.15) is 0 Å². The summed E-state index contributed by atoms with van der Waals surface area (Å²) >= 11 is 0. The van der Waals surface area contributed by atoms with E-state index in [1.54, 1.807) is 0 Å². The number of benzene rings is 3. The number of urea groups is 1. The SMILES string of the molecule is CC12CCC(O)CC13C=CC1(C(C(=O)C4CCCCC4)=C3)C2CCC2(C)C1CCC2(O)CN(Cc1cccc2ccccc12)C(=O)Nc1ccccc1. The van der Waals surface area contributed by atoms with Crippen LogP contribution in [0.25, 0.3) is 10.8 Å². The molecule has 8 atom stereocenters. The third-order valence-corrected chi connectivity index (χ3v) is 16.0. The van der Waals surface area contributed by atoms with E-state index < -0.39 is 16.4 Å². The fourth-order valence-corrected chi connectivity index (χ4v) is 13.1. The van der Waals surface area contributed by atoms with E-state index in [0.29, 0.717) is 25.2 Å². The molecule has 4 saturated carbocycles. The normalized spacial score (nSPS) is 37.4. The van der Waals surface area contributed by atoms with Crippen molar-refractivity contribution in [2.45, 2.75) is 109 Å². The Bertz CT molecular complexity index is 1980. The van der Waals surface area contributed by atoms with Gasteiger partial charge < -0.3 is 20.4 Å². The molecule has 10 rings (SSSR count). The predicted octanol–water partition coefficient (Wildman–Crippen LogP) is 9.61. The molecule has 3 N–H and O–H groups in total. The van der Waals surface area contributed by atoms with Crippen molar-refractivity contribution in [1.82, 2.24) is 4.90 Å². The molecule has 3 aromatic rings. The maximum Gasteiger partial charge on any atom is 0.322 e. The van der Waals surface area contributed by atoms with Crippen molar-refractivity contribution in [2.24, 2.45) is 39.4 Å². The van der Waals surface area contributed by atoms with Crippen molar-refractivity contribution >= 4 is 28.3 Å². The highest BCUT2D eigenvalue weighted by Crippen LogP contribution is 2.78. The molecule has 6 nitrogen and oxygen atoms in total. The minimum atomic E-state index is -1.15. The zero-order chi connectivity index (χ0) is 36.6. The summed E-state index contributed by atoms with van der Waals surface area (Å²) in [5, 5.41) is 29.7. The van der Waals surface area contributed by atoms with Crippen LogP contribution in [-0.4, -0.2) is 45.2 Å². The van der Waals surface area contributed by atoms with E-state index in [1.165, 1.54) is 6.42 Å². The standard InChI is InChI=1S/C47H56N2O4/c1-43-23-20-36(50)28-45(43)26-27-47(38(29-45)41(51)33-13-5-3-6-14-33)39(43)21-24-44(2)40(47)22-25-46(44,53)31-49(42(52)48-35-17-7-4-8-18-35)30-34-16-11-15-32-12-9-10-19-37(32)34/h4,7-12,15-19,26-27,29,33,36,39-40,50,53H,3,5-6,13-14,20-25,28,30-31H2,1-2H3,(H,48,52). The molecule has 53 heavy (non-hydrogen) atoms. The number of para-hydroxylation sites is 1. The second-order valence-electron chi connectivity index (χ2n) is 18.3. The van der Waals surface area contributed by atoms with Gasteiger partial charge in [-0.3, -0.25) is 4.79 Å². The van der Waals surface area contributed by atoms with Gasteiger partial charge in [0.25, 0.3) is 0 Å². The number of Topliss-reactive ketones (excluding diaryl/α,β-unsaturated/α-hetero) is 1. The lowest BCUT2D eigenvalue weighted by Crippen LogP contribution is -2.67. The van der Waals surface area contributed by atoms with Crippen LogP contribution in [0.5, 0.6) is 0 Å². The van der Waals surface area contributed by atoms with Crippen molar-refractivity contribution in [3.63, 3.8) is 0 Å². The smallest absolute Gasteiger partial charge is 0.322 e. The van der Waals surface area contributed by atoms with Gasteiger partial charge in [-0.1, -0.05) is 112 Å². The van der Waals surface area contributed by atoms with Crippen LogP contribution < -0.4 is 5.32 Å². The van der Waals surface area contributed by atoms with E-state index in [1.807, 2.05) is 53.4 Å². The predicted molar refractivity (Wildman–Crippen MR) is 210 cm³/mol. The first-order valence-electron chi connectivity index (χ1n) is 20.5. The van der Waals surface area contributed by atoms with E-state index >= 15 is 0 Å². The molecule has 2 bridgehead atoms. The summed E-state index contributed by atoms with van der Waals surface area (Å²) in [6.45, 7) is 5.30. The number of aliphatic hydroxyl groups excluding tert-OH is 1. The van der Waals surface area contributed by atoms with E-state index in [9.17, 15) is 19.8 Å². The van der Waals surface area contributed by atoms with E-state index in [2.05, 4.69) is 61.7 Å². The largest absolute Gasteiger partial charge is 0.393 e. The molecule has 2 spiro atoms. The number of nitrogens with one attached hydrogen (secondary N) is 1. The van der Waals surface area contributed by atoms with Crippen LogP contribution in [0.3, 0.4) is 0 Å². The van der Waals surface area contributed by atoms with Gasteiger partial charge in [-0.05, 0) is 104 Å². The summed E-state index contributed by atoms with van der Waals surface area (Å²) in [4.78, 5) is 31.2. The first-order valence-corrected chi connectivity index (χ1v) is 20.5. The minimum absolute atomic E-state index is 0.0558. The Hall–Kier alpha value is -3.74. The molecule has 4 fully saturated rings. The number of nitrogens with zero attached hydrogens (tertiary/aromatic N) is 1. The summed E-state index contributed by atoms with van der Waals surface area (Å²) in [7, 11) is 0. The van der Waals surface area contributed by atoms with E-state index in [0.717, 1.165) is 85.4 Å². The lowest BCUT2D eigenvalue weighted by Gasteiger charge is -2.71. The van der Waals surface area contributed by atoms with Gasteiger partial charge in [-0.15, -0.1) is 0 Å². The Balaban J connectivity index is 1.11. The van der Waals surface area contributed by atoms with Crippen molar-refractivity contribution in [2.75, 3.05) is 11.9 Å². The Labute approximate surface area is 314 Å². The maximum atomic E-state index is 15.0. The quantitative estimate of drug-likeness (QED) is 0.213. The van der Waals surface area contributed by atoms with Crippen LogP contribution in [0.2, 0.25) is 0 Å². The van der Waals surface area contributed by atoms with Crippen molar-refractivity contribution in [1.29, 1.82) is 0 Å². The van der Waals surface area contributed by atoms with Crippen LogP contribution in [0.1, 0.15) is 96.5 Å².